The molecule has 1 fully saturated rings. The van der Waals surface area contributed by atoms with E-state index in [0.717, 1.165) is 0 Å². The fraction of sp³-hybridized carbons (Fsp3) is 0.667. The average Bonchev–Trinajstić information content (AvgIpc) is 2.80. The highest BCUT2D eigenvalue weighted by molar-refractivity contribution is 5.03. The minimum Gasteiger partial charge on any atom is -0.467 e. The maximum absolute atomic E-state index is 12.5. The van der Waals surface area contributed by atoms with Gasteiger partial charge < -0.3 is 9.52 Å². The molecular formula is C12H15F3O2. The Hall–Kier alpha value is -0.970. The van der Waals surface area contributed by atoms with Crippen molar-refractivity contribution >= 4 is 0 Å². The summed E-state index contributed by atoms with van der Waals surface area (Å²) >= 11 is 0. The lowest BCUT2D eigenvalue weighted by Crippen LogP contribution is -2.29. The molecule has 5 heteroatoms. The predicted octanol–water partition coefficient (Wildman–Crippen LogP) is 3.68. The van der Waals surface area contributed by atoms with Gasteiger partial charge in [-0.1, -0.05) is 0 Å². The van der Waals surface area contributed by atoms with Crippen LogP contribution in [0.1, 0.15) is 37.5 Å². The topological polar surface area (TPSA) is 33.4 Å². The quantitative estimate of drug-likeness (QED) is 0.866. The van der Waals surface area contributed by atoms with Gasteiger partial charge in [-0.25, -0.2) is 0 Å². The fourth-order valence-electron chi connectivity index (χ4n) is 2.45. The molecule has 1 saturated carbocycles. The van der Waals surface area contributed by atoms with Crippen LogP contribution in [0.4, 0.5) is 13.2 Å². The van der Waals surface area contributed by atoms with Crippen LogP contribution in [0.2, 0.25) is 0 Å². The molecule has 17 heavy (non-hydrogen) atoms. The highest BCUT2D eigenvalue weighted by Crippen LogP contribution is 2.43. The standard InChI is InChI=1S/C12H15F3O2/c13-12(14,15)9-5-3-8(4-6-9)11(16)10-2-1-7-17-10/h1-2,7-9,11,16H,3-6H2. The number of aliphatic hydroxyl groups excluding tert-OH is 1. The second kappa shape index (κ2) is 4.72. The molecule has 96 valence electrons. The predicted molar refractivity (Wildman–Crippen MR) is 55.2 cm³/mol. The van der Waals surface area contributed by atoms with E-state index in [4.69, 9.17) is 4.42 Å². The third kappa shape index (κ3) is 2.83. The number of aliphatic hydroxyl groups is 1. The first kappa shape index (κ1) is 12.5. The van der Waals surface area contributed by atoms with Crippen LogP contribution >= 0.6 is 0 Å². The number of furan rings is 1. The maximum Gasteiger partial charge on any atom is 0.391 e. The second-order valence-corrected chi connectivity index (χ2v) is 4.61. The van der Waals surface area contributed by atoms with Gasteiger partial charge in [-0.3, -0.25) is 0 Å². The molecule has 0 saturated heterocycles. The highest BCUT2D eigenvalue weighted by atomic mass is 19.4. The van der Waals surface area contributed by atoms with Gasteiger partial charge in [0.15, 0.2) is 0 Å². The van der Waals surface area contributed by atoms with Gasteiger partial charge >= 0.3 is 6.18 Å². The van der Waals surface area contributed by atoms with Crippen LogP contribution in [-0.2, 0) is 0 Å². The van der Waals surface area contributed by atoms with Crippen LogP contribution in [0.5, 0.6) is 0 Å². The zero-order chi connectivity index (χ0) is 12.5. The molecule has 1 N–H and O–H groups in total. The summed E-state index contributed by atoms with van der Waals surface area (Å²) in [6, 6.07) is 3.32. The van der Waals surface area contributed by atoms with Crippen molar-refractivity contribution in [1.29, 1.82) is 0 Å². The molecule has 1 unspecified atom stereocenters. The van der Waals surface area contributed by atoms with Crippen molar-refractivity contribution in [3.05, 3.63) is 24.2 Å². The van der Waals surface area contributed by atoms with E-state index in [1.165, 1.54) is 6.26 Å². The number of rotatable bonds is 2. The monoisotopic (exact) mass is 248 g/mol. The molecule has 2 rings (SSSR count). The number of halogens is 3. The van der Waals surface area contributed by atoms with E-state index in [-0.39, 0.29) is 18.8 Å². The van der Waals surface area contributed by atoms with Crippen molar-refractivity contribution in [2.45, 2.75) is 38.0 Å². The molecule has 1 aromatic heterocycles. The summed E-state index contributed by atoms with van der Waals surface area (Å²) in [7, 11) is 0. The normalized spacial score (nSPS) is 28.0. The van der Waals surface area contributed by atoms with E-state index in [2.05, 4.69) is 0 Å². The lowest BCUT2D eigenvalue weighted by atomic mass is 9.78. The molecule has 0 bridgehead atoms. The Bertz CT molecular complexity index is 337. The van der Waals surface area contributed by atoms with Gasteiger partial charge in [0.1, 0.15) is 11.9 Å². The largest absolute Gasteiger partial charge is 0.467 e. The molecule has 0 radical (unpaired) electrons. The van der Waals surface area contributed by atoms with Crippen LogP contribution in [0.3, 0.4) is 0 Å². The smallest absolute Gasteiger partial charge is 0.391 e. The number of hydrogen-bond donors (Lipinski definition) is 1. The van der Waals surface area contributed by atoms with Gasteiger partial charge in [-0.15, -0.1) is 0 Å². The van der Waals surface area contributed by atoms with Crippen molar-refractivity contribution in [3.63, 3.8) is 0 Å². The van der Waals surface area contributed by atoms with Crippen LogP contribution in [-0.4, -0.2) is 11.3 Å². The molecule has 1 aliphatic carbocycles. The highest BCUT2D eigenvalue weighted by Gasteiger charge is 2.42. The Balaban J connectivity index is 1.91. The van der Waals surface area contributed by atoms with E-state index in [9.17, 15) is 18.3 Å². The van der Waals surface area contributed by atoms with Crippen molar-refractivity contribution in [3.8, 4) is 0 Å². The van der Waals surface area contributed by atoms with Gasteiger partial charge in [-0.05, 0) is 43.7 Å². The molecule has 1 aliphatic rings. The molecule has 1 atom stereocenters. The zero-order valence-electron chi connectivity index (χ0n) is 9.28. The summed E-state index contributed by atoms with van der Waals surface area (Å²) in [6.45, 7) is 0. The maximum atomic E-state index is 12.5. The third-order valence-corrected chi connectivity index (χ3v) is 3.52. The summed E-state index contributed by atoms with van der Waals surface area (Å²) in [6.07, 6.45) is -2.42. The third-order valence-electron chi connectivity index (χ3n) is 3.52. The van der Waals surface area contributed by atoms with Gasteiger partial charge in [-0.2, -0.15) is 13.2 Å². The Labute approximate surface area is 97.4 Å². The Morgan fingerprint density at radius 1 is 1.24 bits per heavy atom. The van der Waals surface area contributed by atoms with E-state index in [1.807, 2.05) is 0 Å². The molecule has 0 aromatic carbocycles. The Morgan fingerprint density at radius 2 is 1.88 bits per heavy atom. The molecule has 0 amide bonds. The summed E-state index contributed by atoms with van der Waals surface area (Å²) in [4.78, 5) is 0. The van der Waals surface area contributed by atoms with Crippen LogP contribution in [0.15, 0.2) is 22.8 Å². The van der Waals surface area contributed by atoms with Crippen LogP contribution in [0.25, 0.3) is 0 Å². The number of hydrogen-bond acceptors (Lipinski definition) is 2. The summed E-state index contributed by atoms with van der Waals surface area (Å²) in [5.41, 5.74) is 0. The van der Waals surface area contributed by atoms with Crippen molar-refractivity contribution in [1.82, 2.24) is 0 Å². The summed E-state index contributed by atoms with van der Waals surface area (Å²) in [5, 5.41) is 9.95. The van der Waals surface area contributed by atoms with E-state index < -0.39 is 18.2 Å². The van der Waals surface area contributed by atoms with Gasteiger partial charge in [0, 0.05) is 0 Å². The first-order valence-electron chi connectivity index (χ1n) is 5.76. The molecule has 1 aromatic rings. The van der Waals surface area contributed by atoms with Gasteiger partial charge in [0.25, 0.3) is 0 Å². The van der Waals surface area contributed by atoms with Crippen LogP contribution < -0.4 is 0 Å². The first-order chi connectivity index (χ1) is 7.98. The van der Waals surface area contributed by atoms with E-state index in [1.54, 1.807) is 12.1 Å². The lowest BCUT2D eigenvalue weighted by molar-refractivity contribution is -0.186. The van der Waals surface area contributed by atoms with Gasteiger partial charge in [0.05, 0.1) is 12.2 Å². The summed E-state index contributed by atoms with van der Waals surface area (Å²) < 4.78 is 42.5. The average molecular weight is 248 g/mol. The molecule has 0 spiro atoms. The fourth-order valence-corrected chi connectivity index (χ4v) is 2.45. The molecular weight excluding hydrogens is 233 g/mol. The minimum atomic E-state index is -4.10. The number of alkyl halides is 3. The van der Waals surface area contributed by atoms with Crippen molar-refractivity contribution in [2.75, 3.05) is 0 Å². The van der Waals surface area contributed by atoms with Crippen molar-refractivity contribution < 1.29 is 22.7 Å². The lowest BCUT2D eigenvalue weighted by Gasteiger charge is -2.31. The minimum absolute atomic E-state index is 0.103. The first-order valence-corrected chi connectivity index (χ1v) is 5.76. The molecule has 0 aliphatic heterocycles. The van der Waals surface area contributed by atoms with Gasteiger partial charge in [0.2, 0.25) is 0 Å². The van der Waals surface area contributed by atoms with E-state index in [0.29, 0.717) is 18.6 Å². The summed E-state index contributed by atoms with van der Waals surface area (Å²) in [5.74, 6) is -0.886. The molecule has 1 heterocycles. The Morgan fingerprint density at radius 3 is 2.35 bits per heavy atom. The van der Waals surface area contributed by atoms with Crippen molar-refractivity contribution in [2.24, 2.45) is 11.8 Å². The van der Waals surface area contributed by atoms with Crippen LogP contribution in [0, 0.1) is 11.8 Å². The van der Waals surface area contributed by atoms with E-state index >= 15 is 0 Å². The zero-order valence-corrected chi connectivity index (χ0v) is 9.28. The Kier molecular flexibility index (Phi) is 3.47. The SMILES string of the molecule is OC(c1ccco1)C1CCC(C(F)(F)F)CC1. The second-order valence-electron chi connectivity index (χ2n) is 4.61. The molecule has 2 nitrogen and oxygen atoms in total.